The molecule has 0 saturated carbocycles. The largest absolute Gasteiger partial charge is 0.330 e. The van der Waals surface area contributed by atoms with E-state index in [0.29, 0.717) is 30.3 Å². The van der Waals surface area contributed by atoms with E-state index in [0.717, 1.165) is 13.0 Å². The van der Waals surface area contributed by atoms with Crippen LogP contribution in [0, 0.1) is 17.2 Å². The molecule has 0 radical (unpaired) electrons. The Morgan fingerprint density at radius 3 is 3.11 bits per heavy atom. The minimum Gasteiger partial charge on any atom is -0.330 e. The molecule has 0 spiro atoms. The number of nitrogens with zero attached hydrogens (tertiary/aromatic N) is 2. The highest BCUT2D eigenvalue weighted by molar-refractivity contribution is 5.89. The predicted octanol–water partition coefficient (Wildman–Crippen LogP) is 1.37. The highest BCUT2D eigenvalue weighted by atomic mass is 16.2. The molecule has 1 saturated heterocycles. The topological polar surface area (TPSA) is 82.2 Å². The molecule has 94 valence electrons. The van der Waals surface area contributed by atoms with Crippen molar-refractivity contribution in [2.24, 2.45) is 11.7 Å². The molecular formula is C13H16N4O. The number of hydrogen-bond acceptors (Lipinski definition) is 3. The number of hydrogen-bond donors (Lipinski definition) is 2. The summed E-state index contributed by atoms with van der Waals surface area (Å²) >= 11 is 0. The summed E-state index contributed by atoms with van der Waals surface area (Å²) in [6, 6.07) is 8.81. The van der Waals surface area contributed by atoms with Gasteiger partial charge in [0.25, 0.3) is 0 Å². The van der Waals surface area contributed by atoms with E-state index in [9.17, 15) is 4.79 Å². The average molecular weight is 244 g/mol. The van der Waals surface area contributed by atoms with E-state index in [-0.39, 0.29) is 6.03 Å². The van der Waals surface area contributed by atoms with Gasteiger partial charge in [-0.1, -0.05) is 6.07 Å². The van der Waals surface area contributed by atoms with E-state index in [1.54, 1.807) is 29.2 Å². The van der Waals surface area contributed by atoms with Crippen molar-refractivity contribution in [2.75, 3.05) is 25.0 Å². The summed E-state index contributed by atoms with van der Waals surface area (Å²) in [5.74, 6) is 0.404. The van der Waals surface area contributed by atoms with Crippen LogP contribution in [-0.2, 0) is 0 Å². The molecule has 18 heavy (non-hydrogen) atoms. The van der Waals surface area contributed by atoms with Gasteiger partial charge in [0, 0.05) is 18.8 Å². The fourth-order valence-electron chi connectivity index (χ4n) is 2.08. The van der Waals surface area contributed by atoms with Crippen LogP contribution in [-0.4, -0.2) is 30.6 Å². The van der Waals surface area contributed by atoms with Crippen LogP contribution in [0.5, 0.6) is 0 Å². The zero-order valence-corrected chi connectivity index (χ0v) is 10.1. The van der Waals surface area contributed by atoms with Gasteiger partial charge in [-0.3, -0.25) is 0 Å². The van der Waals surface area contributed by atoms with Crippen molar-refractivity contribution in [3.63, 3.8) is 0 Å². The van der Waals surface area contributed by atoms with Gasteiger partial charge in [0.15, 0.2) is 0 Å². The monoisotopic (exact) mass is 244 g/mol. The number of carbonyl (C=O) groups excluding carboxylic acids is 1. The Balaban J connectivity index is 1.97. The number of nitrogens with two attached hydrogens (primary N) is 1. The standard InChI is InChI=1S/C13H16N4O/c14-7-10-2-1-3-12(6-10)16-13(18)17-5-4-11(8-15)9-17/h1-3,6,11H,4-5,8-9,15H2,(H,16,18). The molecule has 3 N–H and O–H groups in total. The van der Waals surface area contributed by atoms with E-state index in [1.165, 1.54) is 0 Å². The van der Waals surface area contributed by atoms with Crippen LogP contribution in [0.25, 0.3) is 0 Å². The Hall–Kier alpha value is -2.06. The second-order valence-corrected chi connectivity index (χ2v) is 4.46. The lowest BCUT2D eigenvalue weighted by molar-refractivity contribution is 0.221. The summed E-state index contributed by atoms with van der Waals surface area (Å²) in [7, 11) is 0. The Morgan fingerprint density at radius 2 is 2.44 bits per heavy atom. The second kappa shape index (κ2) is 5.52. The number of rotatable bonds is 2. The Morgan fingerprint density at radius 1 is 1.61 bits per heavy atom. The van der Waals surface area contributed by atoms with Crippen molar-refractivity contribution in [2.45, 2.75) is 6.42 Å². The number of amides is 2. The normalized spacial score (nSPS) is 18.4. The minimum absolute atomic E-state index is 0.124. The van der Waals surface area contributed by atoms with Crippen molar-refractivity contribution in [1.29, 1.82) is 5.26 Å². The number of carbonyl (C=O) groups is 1. The van der Waals surface area contributed by atoms with Crippen LogP contribution < -0.4 is 11.1 Å². The van der Waals surface area contributed by atoms with Gasteiger partial charge in [-0.25, -0.2) is 4.79 Å². The molecule has 1 aromatic carbocycles. The molecule has 5 nitrogen and oxygen atoms in total. The molecule has 1 unspecified atom stereocenters. The number of urea groups is 1. The zero-order chi connectivity index (χ0) is 13.0. The molecule has 0 aliphatic carbocycles. The number of nitriles is 1. The molecule has 0 bridgehead atoms. The molecular weight excluding hydrogens is 228 g/mol. The van der Waals surface area contributed by atoms with E-state index in [1.807, 2.05) is 6.07 Å². The lowest BCUT2D eigenvalue weighted by atomic mass is 10.1. The number of likely N-dealkylation sites (tertiary alicyclic amines) is 1. The third-order valence-corrected chi connectivity index (χ3v) is 3.15. The van der Waals surface area contributed by atoms with E-state index in [2.05, 4.69) is 5.32 Å². The fourth-order valence-corrected chi connectivity index (χ4v) is 2.08. The van der Waals surface area contributed by atoms with Crippen molar-refractivity contribution in [3.05, 3.63) is 29.8 Å². The Bertz CT molecular complexity index is 480. The first-order chi connectivity index (χ1) is 8.72. The summed E-state index contributed by atoms with van der Waals surface area (Å²) in [5, 5.41) is 11.6. The number of nitrogens with one attached hydrogen (secondary N) is 1. The van der Waals surface area contributed by atoms with Gasteiger partial charge < -0.3 is 16.0 Å². The first-order valence-corrected chi connectivity index (χ1v) is 5.99. The molecule has 2 rings (SSSR count). The maximum Gasteiger partial charge on any atom is 0.321 e. The molecule has 1 fully saturated rings. The molecule has 1 aromatic rings. The SMILES string of the molecule is N#Cc1cccc(NC(=O)N2CCC(CN)C2)c1. The fraction of sp³-hybridized carbons (Fsp3) is 0.385. The maximum atomic E-state index is 12.0. The van der Waals surface area contributed by atoms with Crippen LogP contribution in [0.2, 0.25) is 0 Å². The van der Waals surface area contributed by atoms with Crippen LogP contribution in [0.3, 0.4) is 0 Å². The maximum absolute atomic E-state index is 12.0. The van der Waals surface area contributed by atoms with Crippen molar-refractivity contribution in [3.8, 4) is 6.07 Å². The highest BCUT2D eigenvalue weighted by Gasteiger charge is 2.25. The summed E-state index contributed by atoms with van der Waals surface area (Å²) in [6.07, 6.45) is 0.960. The molecule has 1 atom stereocenters. The quantitative estimate of drug-likeness (QED) is 0.824. The average Bonchev–Trinajstić information content (AvgIpc) is 2.88. The van der Waals surface area contributed by atoms with Gasteiger partial charge in [0.1, 0.15) is 0 Å². The lowest BCUT2D eigenvalue weighted by Gasteiger charge is -2.17. The number of anilines is 1. The summed E-state index contributed by atoms with van der Waals surface area (Å²) in [4.78, 5) is 13.7. The van der Waals surface area contributed by atoms with Crippen LogP contribution >= 0.6 is 0 Å². The van der Waals surface area contributed by atoms with Gasteiger partial charge in [-0.2, -0.15) is 5.26 Å². The van der Waals surface area contributed by atoms with E-state index in [4.69, 9.17) is 11.0 Å². The zero-order valence-electron chi connectivity index (χ0n) is 10.1. The van der Waals surface area contributed by atoms with Crippen LogP contribution in [0.15, 0.2) is 24.3 Å². The van der Waals surface area contributed by atoms with Crippen molar-refractivity contribution in [1.82, 2.24) is 4.90 Å². The number of benzene rings is 1. The molecule has 2 amide bonds. The minimum atomic E-state index is -0.124. The van der Waals surface area contributed by atoms with Gasteiger partial charge in [-0.05, 0) is 37.1 Å². The molecule has 1 heterocycles. The van der Waals surface area contributed by atoms with Gasteiger partial charge in [-0.15, -0.1) is 0 Å². The van der Waals surface area contributed by atoms with Crippen molar-refractivity contribution >= 4 is 11.7 Å². The molecule has 1 aliphatic heterocycles. The lowest BCUT2D eigenvalue weighted by Crippen LogP contribution is -2.33. The molecule has 1 aliphatic rings. The van der Waals surface area contributed by atoms with Crippen molar-refractivity contribution < 1.29 is 4.79 Å². The second-order valence-electron chi connectivity index (χ2n) is 4.46. The first-order valence-electron chi connectivity index (χ1n) is 5.99. The van der Waals surface area contributed by atoms with Crippen LogP contribution in [0.4, 0.5) is 10.5 Å². The third-order valence-electron chi connectivity index (χ3n) is 3.15. The van der Waals surface area contributed by atoms with Gasteiger partial charge >= 0.3 is 6.03 Å². The summed E-state index contributed by atoms with van der Waals surface area (Å²) in [6.45, 7) is 2.07. The Labute approximate surface area is 106 Å². The third kappa shape index (κ3) is 2.79. The van der Waals surface area contributed by atoms with Gasteiger partial charge in [0.2, 0.25) is 0 Å². The van der Waals surface area contributed by atoms with Crippen LogP contribution in [0.1, 0.15) is 12.0 Å². The highest BCUT2D eigenvalue weighted by Crippen LogP contribution is 2.17. The molecule has 0 aromatic heterocycles. The molecule has 5 heteroatoms. The summed E-state index contributed by atoms with van der Waals surface area (Å²) < 4.78 is 0. The predicted molar refractivity (Wildman–Crippen MR) is 68.9 cm³/mol. The Kier molecular flexibility index (Phi) is 3.80. The smallest absolute Gasteiger partial charge is 0.321 e. The van der Waals surface area contributed by atoms with Gasteiger partial charge in [0.05, 0.1) is 11.6 Å². The van der Waals surface area contributed by atoms with E-state index < -0.39 is 0 Å². The van der Waals surface area contributed by atoms with E-state index >= 15 is 0 Å². The first kappa shape index (κ1) is 12.4. The summed E-state index contributed by atoms with van der Waals surface area (Å²) in [5.41, 5.74) is 6.78.